The largest absolute Gasteiger partial charge is 0.478 e. The van der Waals surface area contributed by atoms with Crippen LogP contribution in [-0.4, -0.2) is 52.2 Å². The minimum absolute atomic E-state index is 0.0188. The second kappa shape index (κ2) is 7.06. The van der Waals surface area contributed by atoms with E-state index < -0.39 is 22.2 Å². The Kier molecular flexibility index (Phi) is 5.02. The highest BCUT2D eigenvalue weighted by Crippen LogP contribution is 2.36. The highest BCUT2D eigenvalue weighted by molar-refractivity contribution is 7.89. The summed E-state index contributed by atoms with van der Waals surface area (Å²) in [6.45, 7) is 4.09. The zero-order valence-electron chi connectivity index (χ0n) is 14.0. The number of ether oxygens (including phenoxy) is 1. The summed E-state index contributed by atoms with van der Waals surface area (Å²) in [5.74, 6) is 1.04. The van der Waals surface area contributed by atoms with Crippen LogP contribution in [0.1, 0.15) is 38.0 Å². The van der Waals surface area contributed by atoms with Crippen molar-refractivity contribution in [3.8, 4) is 5.88 Å². The summed E-state index contributed by atoms with van der Waals surface area (Å²) in [7, 11) is -3.87. The normalized spacial score (nSPS) is 21.6. The van der Waals surface area contributed by atoms with Gasteiger partial charge in [0, 0.05) is 25.5 Å². The molecular weight excluding hydrogens is 348 g/mol. The Morgan fingerprint density at radius 1 is 1.40 bits per heavy atom. The van der Waals surface area contributed by atoms with Crippen LogP contribution in [0.2, 0.25) is 0 Å². The standard InChI is InChI=1S/C15H20N4O5S/c1-3-13-17-15(24-18-13)12-7-10(20)9-19(12)25(21,22)11-5-6-14(16-8-11)23-4-2/h5-6,8,10,12,20H,3-4,7,9H2,1-2H3/t10-,12+/m0/s1. The summed E-state index contributed by atoms with van der Waals surface area (Å²) >= 11 is 0. The molecule has 1 saturated heterocycles. The quantitative estimate of drug-likeness (QED) is 0.799. The van der Waals surface area contributed by atoms with Crippen molar-refractivity contribution in [3.63, 3.8) is 0 Å². The zero-order valence-corrected chi connectivity index (χ0v) is 14.8. The van der Waals surface area contributed by atoms with E-state index in [1.807, 2.05) is 13.8 Å². The monoisotopic (exact) mass is 368 g/mol. The number of β-amino-alcohol motifs (C(OH)–C–C–N with tert-alkyl or cyclic N) is 1. The van der Waals surface area contributed by atoms with Crippen LogP contribution in [0.4, 0.5) is 0 Å². The summed E-state index contributed by atoms with van der Waals surface area (Å²) in [6.07, 6.45) is 1.23. The fraction of sp³-hybridized carbons (Fsp3) is 0.533. The minimum Gasteiger partial charge on any atom is -0.478 e. The number of hydrogen-bond acceptors (Lipinski definition) is 8. The Balaban J connectivity index is 1.90. The molecule has 136 valence electrons. The molecule has 0 amide bonds. The van der Waals surface area contributed by atoms with Gasteiger partial charge in [0.05, 0.1) is 18.9 Å². The molecule has 0 aliphatic carbocycles. The van der Waals surface area contributed by atoms with Crippen molar-refractivity contribution in [2.75, 3.05) is 13.2 Å². The zero-order chi connectivity index (χ0) is 18.0. The molecule has 1 aliphatic heterocycles. The number of nitrogens with zero attached hydrogens (tertiary/aromatic N) is 4. The molecule has 0 bridgehead atoms. The summed E-state index contributed by atoms with van der Waals surface area (Å²) in [5, 5.41) is 13.8. The average Bonchev–Trinajstić information content (AvgIpc) is 3.22. The Bertz CT molecular complexity index is 821. The molecule has 3 rings (SSSR count). The van der Waals surface area contributed by atoms with Gasteiger partial charge in [-0.15, -0.1) is 0 Å². The Morgan fingerprint density at radius 3 is 2.80 bits per heavy atom. The second-order valence-electron chi connectivity index (χ2n) is 5.65. The number of aliphatic hydroxyl groups excluding tert-OH is 1. The van der Waals surface area contributed by atoms with Gasteiger partial charge in [0.15, 0.2) is 5.82 Å². The van der Waals surface area contributed by atoms with Gasteiger partial charge in [0.2, 0.25) is 21.8 Å². The molecule has 3 heterocycles. The van der Waals surface area contributed by atoms with Crippen LogP contribution in [0.3, 0.4) is 0 Å². The van der Waals surface area contributed by atoms with Crippen molar-refractivity contribution < 1.29 is 22.8 Å². The van der Waals surface area contributed by atoms with Gasteiger partial charge < -0.3 is 14.4 Å². The number of aromatic nitrogens is 3. The lowest BCUT2D eigenvalue weighted by Gasteiger charge is -2.21. The van der Waals surface area contributed by atoms with E-state index in [4.69, 9.17) is 9.26 Å². The molecule has 2 aromatic rings. The predicted octanol–water partition coefficient (Wildman–Crippen LogP) is 0.922. The molecule has 1 aliphatic rings. The van der Waals surface area contributed by atoms with Crippen LogP contribution in [0.15, 0.2) is 27.7 Å². The molecule has 1 N–H and O–H groups in total. The van der Waals surface area contributed by atoms with Crippen LogP contribution >= 0.6 is 0 Å². The first-order valence-electron chi connectivity index (χ1n) is 8.07. The molecule has 1 fully saturated rings. The maximum absolute atomic E-state index is 13.0. The summed E-state index contributed by atoms with van der Waals surface area (Å²) in [6, 6.07) is 2.24. The highest BCUT2D eigenvalue weighted by atomic mass is 32.2. The van der Waals surface area contributed by atoms with Gasteiger partial charge in [-0.1, -0.05) is 12.1 Å². The van der Waals surface area contributed by atoms with E-state index in [-0.39, 0.29) is 23.8 Å². The lowest BCUT2D eigenvalue weighted by molar-refractivity contribution is 0.188. The van der Waals surface area contributed by atoms with E-state index >= 15 is 0 Å². The third kappa shape index (κ3) is 3.51. The molecule has 2 aromatic heterocycles. The van der Waals surface area contributed by atoms with Gasteiger partial charge in [-0.25, -0.2) is 13.4 Å². The predicted molar refractivity (Wildman–Crippen MR) is 86.3 cm³/mol. The Hall–Kier alpha value is -2.04. The molecule has 0 unspecified atom stereocenters. The summed E-state index contributed by atoms with van der Waals surface area (Å²) < 4.78 is 37.5. The van der Waals surface area contributed by atoms with Crippen molar-refractivity contribution in [3.05, 3.63) is 30.0 Å². The van der Waals surface area contributed by atoms with Crippen molar-refractivity contribution in [2.45, 2.75) is 43.7 Å². The maximum atomic E-state index is 13.0. The van der Waals surface area contributed by atoms with Gasteiger partial charge in [0.1, 0.15) is 10.9 Å². The van der Waals surface area contributed by atoms with E-state index in [1.54, 1.807) is 0 Å². The SMILES string of the molecule is CCOc1ccc(S(=O)(=O)N2C[C@@H](O)C[C@@H]2c2nc(CC)no2)cn1. The second-order valence-corrected chi connectivity index (χ2v) is 7.54. The van der Waals surface area contributed by atoms with Crippen molar-refractivity contribution in [2.24, 2.45) is 0 Å². The molecule has 25 heavy (non-hydrogen) atoms. The Morgan fingerprint density at radius 2 is 2.20 bits per heavy atom. The van der Waals surface area contributed by atoms with E-state index in [1.165, 1.54) is 22.6 Å². The number of aryl methyl sites for hydroxylation is 1. The molecule has 10 heteroatoms. The highest BCUT2D eigenvalue weighted by Gasteiger charge is 2.43. The van der Waals surface area contributed by atoms with E-state index in [0.29, 0.717) is 24.7 Å². The molecule has 0 saturated carbocycles. The smallest absolute Gasteiger partial charge is 0.245 e. The van der Waals surface area contributed by atoms with Crippen molar-refractivity contribution in [1.82, 2.24) is 19.4 Å². The lowest BCUT2D eigenvalue weighted by atomic mass is 10.2. The summed E-state index contributed by atoms with van der Waals surface area (Å²) in [4.78, 5) is 8.23. The first kappa shape index (κ1) is 17.8. The lowest BCUT2D eigenvalue weighted by Crippen LogP contribution is -2.32. The first-order chi connectivity index (χ1) is 12.0. The number of sulfonamides is 1. The van der Waals surface area contributed by atoms with Gasteiger partial charge in [-0.3, -0.25) is 0 Å². The van der Waals surface area contributed by atoms with Gasteiger partial charge in [-0.05, 0) is 13.0 Å². The van der Waals surface area contributed by atoms with Gasteiger partial charge in [0.25, 0.3) is 0 Å². The fourth-order valence-electron chi connectivity index (χ4n) is 2.71. The molecule has 0 spiro atoms. The van der Waals surface area contributed by atoms with Crippen LogP contribution in [0.25, 0.3) is 0 Å². The Labute approximate surface area is 145 Å². The molecule has 0 radical (unpaired) electrons. The maximum Gasteiger partial charge on any atom is 0.245 e. The molecular formula is C15H20N4O5S. The van der Waals surface area contributed by atoms with Gasteiger partial charge in [-0.2, -0.15) is 9.29 Å². The third-order valence-electron chi connectivity index (χ3n) is 3.93. The first-order valence-corrected chi connectivity index (χ1v) is 9.51. The van der Waals surface area contributed by atoms with Crippen LogP contribution < -0.4 is 4.74 Å². The van der Waals surface area contributed by atoms with E-state index in [0.717, 1.165) is 0 Å². The number of pyridine rings is 1. The van der Waals surface area contributed by atoms with E-state index in [9.17, 15) is 13.5 Å². The molecule has 0 aromatic carbocycles. The number of hydrogen-bond donors (Lipinski definition) is 1. The number of rotatable bonds is 6. The third-order valence-corrected chi connectivity index (χ3v) is 5.78. The van der Waals surface area contributed by atoms with Crippen molar-refractivity contribution in [1.29, 1.82) is 0 Å². The van der Waals surface area contributed by atoms with Gasteiger partial charge >= 0.3 is 0 Å². The van der Waals surface area contributed by atoms with E-state index in [2.05, 4.69) is 15.1 Å². The fourth-order valence-corrected chi connectivity index (χ4v) is 4.29. The van der Waals surface area contributed by atoms with Crippen LogP contribution in [0, 0.1) is 0 Å². The molecule has 2 atom stereocenters. The van der Waals surface area contributed by atoms with Crippen LogP contribution in [0.5, 0.6) is 5.88 Å². The van der Waals surface area contributed by atoms with Crippen molar-refractivity contribution >= 4 is 10.0 Å². The minimum atomic E-state index is -3.87. The topological polar surface area (TPSA) is 119 Å². The average molecular weight is 368 g/mol. The summed E-state index contributed by atoms with van der Waals surface area (Å²) in [5.41, 5.74) is 0. The molecule has 9 nitrogen and oxygen atoms in total. The van der Waals surface area contributed by atoms with Crippen LogP contribution in [-0.2, 0) is 16.4 Å². The number of aliphatic hydroxyl groups is 1.